The Morgan fingerprint density at radius 1 is 1.16 bits per heavy atom. The van der Waals surface area contributed by atoms with Gasteiger partial charge in [-0.3, -0.25) is 4.98 Å². The first-order valence-electron chi connectivity index (χ1n) is 9.19. The monoisotopic (exact) mass is 357 g/mol. The van der Waals surface area contributed by atoms with E-state index in [0.29, 0.717) is 0 Å². The number of benzene rings is 1. The first-order valence-corrected chi connectivity index (χ1v) is 9.56. The molecule has 132 valence electrons. The zero-order valence-corrected chi connectivity index (χ0v) is 15.5. The third-order valence-electron chi connectivity index (χ3n) is 5.24. The summed E-state index contributed by atoms with van der Waals surface area (Å²) >= 11 is 5.74. The second-order valence-corrected chi connectivity index (χ2v) is 7.43. The highest BCUT2D eigenvalue weighted by atomic mass is 35.5. The number of allylic oxidation sites excluding steroid dienone is 2. The molecule has 0 unspecified atom stereocenters. The molecule has 0 aliphatic heterocycles. The molecule has 1 heterocycles. The van der Waals surface area contributed by atoms with Crippen LogP contribution in [0.2, 0.25) is 5.02 Å². The van der Waals surface area contributed by atoms with E-state index in [1.807, 2.05) is 12.3 Å². The minimum atomic E-state index is -0.404. The third-order valence-corrected chi connectivity index (χ3v) is 5.54. The first kappa shape index (κ1) is 18.1. The number of hydrogen-bond acceptors (Lipinski definition) is 1. The molecule has 1 fully saturated rings. The number of hydrogen-bond donors (Lipinski definition) is 0. The average molecular weight is 358 g/mol. The lowest BCUT2D eigenvalue weighted by atomic mass is 9.79. The van der Waals surface area contributed by atoms with Crippen molar-refractivity contribution in [3.05, 3.63) is 65.1 Å². The van der Waals surface area contributed by atoms with Crippen molar-refractivity contribution in [2.24, 2.45) is 11.8 Å². The zero-order valence-electron chi connectivity index (χ0n) is 14.7. The number of nitrogens with zero attached hydrogens (tertiary/aromatic N) is 1. The van der Waals surface area contributed by atoms with Crippen molar-refractivity contribution in [1.82, 2.24) is 4.98 Å². The van der Waals surface area contributed by atoms with Crippen molar-refractivity contribution >= 4 is 11.6 Å². The van der Waals surface area contributed by atoms with Gasteiger partial charge >= 0.3 is 0 Å². The molecule has 0 atom stereocenters. The summed E-state index contributed by atoms with van der Waals surface area (Å²) in [6.07, 6.45) is 14.1. The Hall–Kier alpha value is -1.67. The van der Waals surface area contributed by atoms with E-state index in [2.05, 4.69) is 30.1 Å². The minimum absolute atomic E-state index is 0.143. The van der Waals surface area contributed by atoms with E-state index >= 15 is 0 Å². The minimum Gasteiger partial charge on any atom is -0.256 e. The second kappa shape index (κ2) is 8.62. The molecule has 1 aromatic carbocycles. The molecule has 0 N–H and O–H groups in total. The van der Waals surface area contributed by atoms with Crippen LogP contribution < -0.4 is 0 Å². The fraction of sp³-hybridized carbons (Fsp3) is 0.409. The predicted octanol–water partition coefficient (Wildman–Crippen LogP) is 6.86. The lowest BCUT2D eigenvalue weighted by molar-refractivity contribution is 0.296. The highest BCUT2D eigenvalue weighted by Crippen LogP contribution is 2.32. The highest BCUT2D eigenvalue weighted by Gasteiger charge is 2.19. The van der Waals surface area contributed by atoms with Gasteiger partial charge in [-0.05, 0) is 81.0 Å². The first-order chi connectivity index (χ1) is 12.2. The van der Waals surface area contributed by atoms with Crippen LogP contribution in [0.25, 0.3) is 11.3 Å². The van der Waals surface area contributed by atoms with Crippen LogP contribution in [0.15, 0.2) is 48.7 Å². The van der Waals surface area contributed by atoms with Crippen molar-refractivity contribution in [3.8, 4) is 11.3 Å². The topological polar surface area (TPSA) is 12.9 Å². The molecular weight excluding hydrogens is 333 g/mol. The van der Waals surface area contributed by atoms with Gasteiger partial charge in [-0.1, -0.05) is 35.9 Å². The van der Waals surface area contributed by atoms with Gasteiger partial charge in [0.1, 0.15) is 5.82 Å². The standard InChI is InChI=1S/C22H25ClFN/c1-2-3-16-4-6-17(7-5-16)8-9-18-10-13-22(25-15-18)19-11-12-20(23)21(24)14-19/h2-3,10-17H,4-9H2,1H3/b3-2+. The molecular formula is C22H25ClFN. The Balaban J connectivity index is 1.54. The van der Waals surface area contributed by atoms with Crippen LogP contribution in [0, 0.1) is 17.7 Å². The number of aromatic nitrogens is 1. The summed E-state index contributed by atoms with van der Waals surface area (Å²) in [6, 6.07) is 8.90. The van der Waals surface area contributed by atoms with E-state index in [1.54, 1.807) is 12.1 Å². The maximum Gasteiger partial charge on any atom is 0.142 e. The molecule has 3 heteroatoms. The maximum atomic E-state index is 13.6. The van der Waals surface area contributed by atoms with Crippen molar-refractivity contribution in [1.29, 1.82) is 0 Å². The van der Waals surface area contributed by atoms with Crippen molar-refractivity contribution in [3.63, 3.8) is 0 Å². The molecule has 1 nitrogen and oxygen atoms in total. The Morgan fingerprint density at radius 3 is 2.60 bits per heavy atom. The van der Waals surface area contributed by atoms with Crippen LogP contribution in [0.4, 0.5) is 4.39 Å². The van der Waals surface area contributed by atoms with E-state index in [9.17, 15) is 4.39 Å². The van der Waals surface area contributed by atoms with Gasteiger partial charge in [-0.2, -0.15) is 0 Å². The van der Waals surface area contributed by atoms with Crippen LogP contribution in [0.3, 0.4) is 0 Å². The van der Waals surface area contributed by atoms with Crippen molar-refractivity contribution in [2.75, 3.05) is 0 Å². The van der Waals surface area contributed by atoms with Gasteiger partial charge in [0.25, 0.3) is 0 Å². The molecule has 25 heavy (non-hydrogen) atoms. The molecule has 2 aromatic rings. The summed E-state index contributed by atoms with van der Waals surface area (Å²) in [5, 5.41) is 0.143. The van der Waals surface area contributed by atoms with E-state index in [0.717, 1.165) is 29.5 Å². The van der Waals surface area contributed by atoms with Gasteiger partial charge in [0, 0.05) is 11.8 Å². The number of aryl methyl sites for hydroxylation is 1. The lowest BCUT2D eigenvalue weighted by Crippen LogP contribution is -2.13. The van der Waals surface area contributed by atoms with Crippen LogP contribution in [0.1, 0.15) is 44.6 Å². The lowest BCUT2D eigenvalue weighted by Gasteiger charge is -2.26. The van der Waals surface area contributed by atoms with Gasteiger partial charge in [-0.25, -0.2) is 4.39 Å². The predicted molar refractivity (Wildman–Crippen MR) is 103 cm³/mol. The molecule has 3 rings (SSSR count). The Bertz CT molecular complexity index is 715. The van der Waals surface area contributed by atoms with Crippen molar-refractivity contribution in [2.45, 2.75) is 45.4 Å². The molecule has 0 radical (unpaired) electrons. The summed E-state index contributed by atoms with van der Waals surface area (Å²) < 4.78 is 13.6. The summed E-state index contributed by atoms with van der Waals surface area (Å²) in [5.74, 6) is 1.23. The number of rotatable bonds is 5. The summed E-state index contributed by atoms with van der Waals surface area (Å²) in [5.41, 5.74) is 2.80. The van der Waals surface area contributed by atoms with E-state index in [4.69, 9.17) is 11.6 Å². The SMILES string of the molecule is C/C=C/C1CCC(CCc2ccc(-c3ccc(Cl)c(F)c3)nc2)CC1. The molecule has 1 saturated carbocycles. The van der Waals surface area contributed by atoms with Gasteiger partial charge in [0.05, 0.1) is 10.7 Å². The zero-order chi connectivity index (χ0) is 17.6. The normalized spacial score (nSPS) is 20.9. The largest absolute Gasteiger partial charge is 0.256 e. The van der Waals surface area contributed by atoms with Gasteiger partial charge in [0.2, 0.25) is 0 Å². The molecule has 1 aliphatic rings. The van der Waals surface area contributed by atoms with E-state index in [-0.39, 0.29) is 5.02 Å². The quantitative estimate of drug-likeness (QED) is 0.533. The average Bonchev–Trinajstić information content (AvgIpc) is 2.64. The van der Waals surface area contributed by atoms with E-state index in [1.165, 1.54) is 43.7 Å². The summed E-state index contributed by atoms with van der Waals surface area (Å²) in [4.78, 5) is 4.50. The molecule has 0 saturated heterocycles. The molecule has 0 amide bonds. The molecule has 1 aliphatic carbocycles. The maximum absolute atomic E-state index is 13.6. The van der Waals surface area contributed by atoms with E-state index < -0.39 is 5.82 Å². The summed E-state index contributed by atoms with van der Waals surface area (Å²) in [7, 11) is 0. The molecule has 0 bridgehead atoms. The van der Waals surface area contributed by atoms with Crippen LogP contribution >= 0.6 is 11.6 Å². The van der Waals surface area contributed by atoms with Gasteiger partial charge in [-0.15, -0.1) is 0 Å². The van der Waals surface area contributed by atoms with Gasteiger partial charge < -0.3 is 0 Å². The smallest absolute Gasteiger partial charge is 0.142 e. The van der Waals surface area contributed by atoms with Crippen molar-refractivity contribution < 1.29 is 4.39 Å². The fourth-order valence-corrected chi connectivity index (χ4v) is 3.83. The fourth-order valence-electron chi connectivity index (χ4n) is 3.71. The highest BCUT2D eigenvalue weighted by molar-refractivity contribution is 6.30. The van der Waals surface area contributed by atoms with Crippen LogP contribution in [-0.4, -0.2) is 4.98 Å². The summed E-state index contributed by atoms with van der Waals surface area (Å²) in [6.45, 7) is 2.11. The second-order valence-electron chi connectivity index (χ2n) is 7.03. The Kier molecular flexibility index (Phi) is 6.25. The molecule has 0 spiro atoms. The third kappa shape index (κ3) is 4.92. The number of pyridine rings is 1. The Labute approximate surface area is 154 Å². The Morgan fingerprint density at radius 2 is 1.96 bits per heavy atom. The van der Waals surface area contributed by atoms with Crippen LogP contribution in [-0.2, 0) is 6.42 Å². The van der Waals surface area contributed by atoms with Gasteiger partial charge in [0.15, 0.2) is 0 Å². The molecule has 1 aromatic heterocycles. The van der Waals surface area contributed by atoms with Crippen LogP contribution in [0.5, 0.6) is 0 Å². The number of halogens is 2.